The van der Waals surface area contributed by atoms with E-state index < -0.39 is 9.05 Å². The molecule has 2 rings (SSSR count). The van der Waals surface area contributed by atoms with Crippen LogP contribution < -0.4 is 5.73 Å². The molecule has 25 heavy (non-hydrogen) atoms. The third-order valence-electron chi connectivity index (χ3n) is 3.80. The first-order valence-corrected chi connectivity index (χ1v) is 10.5. The number of benzene rings is 1. The van der Waals surface area contributed by atoms with Crippen molar-refractivity contribution in [1.29, 1.82) is 0 Å². The van der Waals surface area contributed by atoms with Crippen LogP contribution >= 0.6 is 10.7 Å². The summed E-state index contributed by atoms with van der Waals surface area (Å²) in [6, 6.07) is 4.35. The fraction of sp³-hybridized carbons (Fsp3) is 0.412. The van der Waals surface area contributed by atoms with Gasteiger partial charge in [0.1, 0.15) is 5.84 Å². The van der Waals surface area contributed by atoms with Crippen LogP contribution in [-0.4, -0.2) is 38.2 Å². The number of halogens is 1. The van der Waals surface area contributed by atoms with Gasteiger partial charge in [0.05, 0.1) is 10.6 Å². The number of rotatable bonds is 6. The number of nitrogens with two attached hydrogens (primary N) is 1. The van der Waals surface area contributed by atoms with Gasteiger partial charge in [-0.3, -0.25) is 4.79 Å². The van der Waals surface area contributed by atoms with Gasteiger partial charge in [-0.15, -0.1) is 0 Å². The minimum Gasteiger partial charge on any atom is -0.387 e. The van der Waals surface area contributed by atoms with Crippen LogP contribution in [0.5, 0.6) is 0 Å². The van der Waals surface area contributed by atoms with Gasteiger partial charge in [-0.05, 0) is 31.1 Å². The molecule has 0 atom stereocenters. The second kappa shape index (κ2) is 8.01. The largest absolute Gasteiger partial charge is 0.387 e. The third-order valence-corrected chi connectivity index (χ3v) is 5.15. The van der Waals surface area contributed by atoms with E-state index in [9.17, 15) is 13.2 Å². The number of amides is 1. The highest BCUT2D eigenvalue weighted by molar-refractivity contribution is 8.13. The van der Waals surface area contributed by atoms with E-state index in [0.717, 1.165) is 12.8 Å². The van der Waals surface area contributed by atoms with Crippen molar-refractivity contribution in [3.05, 3.63) is 29.3 Å². The Morgan fingerprint density at radius 3 is 2.48 bits per heavy atom. The van der Waals surface area contributed by atoms with Crippen LogP contribution in [0.2, 0.25) is 0 Å². The Hall–Kier alpha value is -1.86. The molecule has 0 saturated carbocycles. The van der Waals surface area contributed by atoms with Crippen molar-refractivity contribution in [1.82, 2.24) is 4.90 Å². The standard InChI is InChI=1S/C17H22ClN3O3S/c1-3-7-21(8-4-2)17(22)13-9-12-5-6-14(25(18,23)24)11-15(12)20-16(19)10-13/h5-6,9,11H,3-4,7-8,10H2,1-2H3,(H2,19,20). The zero-order chi connectivity index (χ0) is 18.6. The van der Waals surface area contributed by atoms with Crippen LogP contribution in [0, 0.1) is 0 Å². The maximum Gasteiger partial charge on any atom is 0.261 e. The fourth-order valence-electron chi connectivity index (χ4n) is 2.72. The number of aliphatic imine (C=N–C) groups is 1. The van der Waals surface area contributed by atoms with Crippen LogP contribution in [0.25, 0.3) is 6.08 Å². The number of amidine groups is 1. The molecular formula is C17H22ClN3O3S. The Kier molecular flexibility index (Phi) is 6.24. The molecule has 0 bridgehead atoms. The van der Waals surface area contributed by atoms with Crippen LogP contribution in [0.4, 0.5) is 5.69 Å². The van der Waals surface area contributed by atoms with Crippen molar-refractivity contribution < 1.29 is 13.2 Å². The molecule has 0 fully saturated rings. The maximum atomic E-state index is 12.8. The lowest BCUT2D eigenvalue weighted by Gasteiger charge is -2.22. The van der Waals surface area contributed by atoms with E-state index in [0.29, 0.717) is 29.9 Å². The van der Waals surface area contributed by atoms with Crippen molar-refractivity contribution in [3.8, 4) is 0 Å². The minimum absolute atomic E-state index is 0.0498. The summed E-state index contributed by atoms with van der Waals surface area (Å²) in [7, 11) is 1.53. The molecule has 1 aromatic rings. The highest BCUT2D eigenvalue weighted by Crippen LogP contribution is 2.30. The summed E-state index contributed by atoms with van der Waals surface area (Å²) in [5, 5.41) is 0. The average Bonchev–Trinajstić information content (AvgIpc) is 2.70. The molecule has 0 saturated heterocycles. The van der Waals surface area contributed by atoms with E-state index in [1.165, 1.54) is 12.1 Å². The zero-order valence-electron chi connectivity index (χ0n) is 14.3. The Morgan fingerprint density at radius 1 is 1.28 bits per heavy atom. The summed E-state index contributed by atoms with van der Waals surface area (Å²) in [6.07, 6.45) is 3.69. The normalized spacial score (nSPS) is 14.2. The number of hydrogen-bond donors (Lipinski definition) is 1. The first-order chi connectivity index (χ1) is 11.8. The monoisotopic (exact) mass is 383 g/mol. The zero-order valence-corrected chi connectivity index (χ0v) is 15.9. The van der Waals surface area contributed by atoms with Crippen molar-refractivity contribution in [3.63, 3.8) is 0 Å². The predicted molar refractivity (Wildman–Crippen MR) is 101 cm³/mol. The van der Waals surface area contributed by atoms with E-state index in [2.05, 4.69) is 4.99 Å². The van der Waals surface area contributed by atoms with E-state index in [1.807, 2.05) is 18.7 Å². The lowest BCUT2D eigenvalue weighted by Crippen LogP contribution is -2.34. The molecule has 1 heterocycles. The molecule has 6 nitrogen and oxygen atoms in total. The summed E-state index contributed by atoms with van der Waals surface area (Å²) in [6.45, 7) is 5.40. The molecule has 0 aromatic heterocycles. The van der Waals surface area contributed by atoms with Crippen LogP contribution in [-0.2, 0) is 13.8 Å². The number of nitrogens with zero attached hydrogens (tertiary/aromatic N) is 2. The van der Waals surface area contributed by atoms with Crippen molar-refractivity contribution >= 4 is 43.2 Å². The Bertz CT molecular complexity index is 826. The van der Waals surface area contributed by atoms with Crippen LogP contribution in [0.3, 0.4) is 0 Å². The van der Waals surface area contributed by atoms with Gasteiger partial charge in [0, 0.05) is 41.3 Å². The van der Waals surface area contributed by atoms with E-state index >= 15 is 0 Å². The van der Waals surface area contributed by atoms with E-state index in [-0.39, 0.29) is 23.1 Å². The summed E-state index contributed by atoms with van der Waals surface area (Å²) in [4.78, 5) is 18.8. The topological polar surface area (TPSA) is 92.8 Å². The first-order valence-electron chi connectivity index (χ1n) is 8.17. The van der Waals surface area contributed by atoms with Gasteiger partial charge in [-0.2, -0.15) is 0 Å². The van der Waals surface area contributed by atoms with Crippen molar-refractivity contribution in [2.45, 2.75) is 38.0 Å². The van der Waals surface area contributed by atoms with Gasteiger partial charge >= 0.3 is 0 Å². The quantitative estimate of drug-likeness (QED) is 0.764. The van der Waals surface area contributed by atoms with E-state index in [1.54, 1.807) is 12.1 Å². The Balaban J connectivity index is 2.45. The van der Waals surface area contributed by atoms with E-state index in [4.69, 9.17) is 16.4 Å². The van der Waals surface area contributed by atoms with Crippen LogP contribution in [0.1, 0.15) is 38.7 Å². The van der Waals surface area contributed by atoms with Gasteiger partial charge in [0.15, 0.2) is 0 Å². The molecular weight excluding hydrogens is 362 g/mol. The fourth-order valence-corrected chi connectivity index (χ4v) is 3.49. The molecule has 1 aliphatic heterocycles. The van der Waals surface area contributed by atoms with Crippen molar-refractivity contribution in [2.75, 3.05) is 13.1 Å². The highest BCUT2D eigenvalue weighted by Gasteiger charge is 2.21. The first kappa shape index (κ1) is 19.5. The molecule has 1 aliphatic rings. The second-order valence-electron chi connectivity index (χ2n) is 5.90. The maximum absolute atomic E-state index is 12.8. The lowest BCUT2D eigenvalue weighted by molar-refractivity contribution is -0.127. The van der Waals surface area contributed by atoms with Gasteiger partial charge in [0.25, 0.3) is 9.05 Å². The van der Waals surface area contributed by atoms with Gasteiger partial charge in [-0.25, -0.2) is 13.4 Å². The molecule has 0 radical (unpaired) electrons. The molecule has 8 heteroatoms. The van der Waals surface area contributed by atoms with Gasteiger partial charge < -0.3 is 10.6 Å². The third kappa shape index (κ3) is 4.83. The smallest absolute Gasteiger partial charge is 0.261 e. The number of hydrogen-bond acceptors (Lipinski definition) is 5. The molecule has 2 N–H and O–H groups in total. The summed E-state index contributed by atoms with van der Waals surface area (Å²) in [5.41, 5.74) is 7.51. The number of carbonyl (C=O) groups is 1. The van der Waals surface area contributed by atoms with Crippen LogP contribution in [0.15, 0.2) is 33.7 Å². The SMILES string of the molecule is CCCN(CCC)C(=O)C1=Cc2ccc(S(=O)(=O)Cl)cc2N=C(N)C1. The predicted octanol–water partition coefficient (Wildman–Crippen LogP) is 3.04. The number of carbonyl (C=O) groups excluding carboxylic acids is 1. The van der Waals surface area contributed by atoms with Gasteiger partial charge in [0.2, 0.25) is 5.91 Å². The molecule has 1 aromatic carbocycles. The molecule has 136 valence electrons. The molecule has 0 unspecified atom stereocenters. The average molecular weight is 384 g/mol. The Labute approximate surface area is 152 Å². The van der Waals surface area contributed by atoms with Gasteiger partial charge in [-0.1, -0.05) is 19.9 Å². The molecule has 0 spiro atoms. The number of fused-ring (bicyclic) bond motifs is 1. The summed E-state index contributed by atoms with van der Waals surface area (Å²) in [5.74, 6) is 0.194. The lowest BCUT2D eigenvalue weighted by atomic mass is 10.1. The molecule has 1 amide bonds. The van der Waals surface area contributed by atoms with Crippen molar-refractivity contribution in [2.24, 2.45) is 10.7 Å². The Morgan fingerprint density at radius 2 is 1.92 bits per heavy atom. The summed E-state index contributed by atoms with van der Waals surface area (Å²) < 4.78 is 23.0. The second-order valence-corrected chi connectivity index (χ2v) is 8.47. The minimum atomic E-state index is -3.86. The molecule has 0 aliphatic carbocycles. The highest BCUT2D eigenvalue weighted by atomic mass is 35.7. The summed E-state index contributed by atoms with van der Waals surface area (Å²) >= 11 is 0.